The maximum atomic E-state index is 12.6. The molecule has 1 fully saturated rings. The number of carbonyl (C=O) groups is 1. The summed E-state index contributed by atoms with van der Waals surface area (Å²) in [7, 11) is 1.58. The molecule has 6 nitrogen and oxygen atoms in total. The van der Waals surface area contributed by atoms with Crippen molar-refractivity contribution in [1.82, 2.24) is 15.2 Å². The second-order valence-electron chi connectivity index (χ2n) is 6.09. The Kier molecular flexibility index (Phi) is 6.60. The molecule has 0 bridgehead atoms. The summed E-state index contributed by atoms with van der Waals surface area (Å²) in [5.74, 6) is 0.455. The van der Waals surface area contributed by atoms with E-state index in [1.807, 2.05) is 16.7 Å². The number of halogens is 3. The number of carbonyl (C=O) groups excluding carboxylic acids is 1. The normalized spacial score (nSPS) is 17.4. The summed E-state index contributed by atoms with van der Waals surface area (Å²) in [5, 5.41) is 2.85. The number of alkyl halides is 3. The van der Waals surface area contributed by atoms with Gasteiger partial charge in [-0.15, -0.1) is 0 Å². The number of rotatable bonds is 6. The summed E-state index contributed by atoms with van der Waals surface area (Å²) in [6, 6.07) is 2.38. The fraction of sp³-hybridized carbons (Fsp3) is 0.625. The van der Waals surface area contributed by atoms with E-state index in [1.54, 1.807) is 7.11 Å². The Hall–Kier alpha value is -1.87. The van der Waals surface area contributed by atoms with Gasteiger partial charge in [0.25, 0.3) is 0 Å². The third kappa shape index (κ3) is 5.86. The number of hydrogen-bond donors (Lipinski definition) is 1. The molecule has 1 aliphatic rings. The maximum Gasteiger partial charge on any atom is 0.417 e. The molecule has 0 aromatic carbocycles. The van der Waals surface area contributed by atoms with Gasteiger partial charge >= 0.3 is 6.18 Å². The quantitative estimate of drug-likeness (QED) is 0.831. The third-order valence-corrected chi connectivity index (χ3v) is 3.96. The zero-order valence-corrected chi connectivity index (χ0v) is 14.3. The molecule has 1 saturated heterocycles. The molecule has 0 saturated carbocycles. The Balaban J connectivity index is 1.80. The van der Waals surface area contributed by atoms with Crippen molar-refractivity contribution >= 4 is 11.7 Å². The summed E-state index contributed by atoms with van der Waals surface area (Å²) in [5.41, 5.74) is -0.753. The monoisotopic (exact) mass is 360 g/mol. The van der Waals surface area contributed by atoms with Gasteiger partial charge in [0.1, 0.15) is 5.82 Å². The Morgan fingerprint density at radius 1 is 1.32 bits per heavy atom. The molecule has 1 atom stereocenters. The van der Waals surface area contributed by atoms with Gasteiger partial charge in [0.15, 0.2) is 0 Å². The van der Waals surface area contributed by atoms with Crippen LogP contribution in [-0.2, 0) is 15.7 Å². The number of aromatic nitrogens is 1. The average molecular weight is 360 g/mol. The van der Waals surface area contributed by atoms with Crippen molar-refractivity contribution in [3.8, 4) is 0 Å². The highest BCUT2D eigenvalue weighted by Gasteiger charge is 2.31. The highest BCUT2D eigenvalue weighted by Crippen LogP contribution is 2.29. The van der Waals surface area contributed by atoms with Crippen LogP contribution >= 0.6 is 0 Å². The van der Waals surface area contributed by atoms with E-state index < -0.39 is 11.7 Å². The molecule has 1 amide bonds. The number of anilines is 1. The van der Waals surface area contributed by atoms with Gasteiger partial charge in [-0.2, -0.15) is 13.2 Å². The highest BCUT2D eigenvalue weighted by atomic mass is 19.4. The van der Waals surface area contributed by atoms with Crippen LogP contribution < -0.4 is 10.2 Å². The van der Waals surface area contributed by atoms with Crippen molar-refractivity contribution in [3.63, 3.8) is 0 Å². The largest absolute Gasteiger partial charge is 0.417 e. The van der Waals surface area contributed by atoms with Crippen molar-refractivity contribution < 1.29 is 22.7 Å². The number of piperazine rings is 1. The molecule has 1 aromatic heterocycles. The molecule has 1 aliphatic heterocycles. The summed E-state index contributed by atoms with van der Waals surface area (Å²) >= 11 is 0. The molecular weight excluding hydrogens is 337 g/mol. The number of amides is 1. The summed E-state index contributed by atoms with van der Waals surface area (Å²) in [6.07, 6.45) is -3.52. The lowest BCUT2D eigenvalue weighted by molar-refractivity contribution is -0.137. The Morgan fingerprint density at radius 2 is 2.00 bits per heavy atom. The Bertz CT molecular complexity index is 557. The molecule has 1 N–H and O–H groups in total. The minimum atomic E-state index is -4.38. The number of nitrogens with one attached hydrogen (secondary N) is 1. The summed E-state index contributed by atoms with van der Waals surface area (Å²) in [4.78, 5) is 19.8. The van der Waals surface area contributed by atoms with E-state index in [9.17, 15) is 18.0 Å². The van der Waals surface area contributed by atoms with E-state index in [1.165, 1.54) is 6.07 Å². The predicted octanol–water partition coefficient (Wildman–Crippen LogP) is 1.37. The van der Waals surface area contributed by atoms with Crippen molar-refractivity contribution in [2.45, 2.75) is 19.1 Å². The Morgan fingerprint density at radius 3 is 2.52 bits per heavy atom. The molecule has 1 aromatic rings. The second-order valence-corrected chi connectivity index (χ2v) is 6.09. The van der Waals surface area contributed by atoms with Crippen LogP contribution in [0.2, 0.25) is 0 Å². The number of hydrogen-bond acceptors (Lipinski definition) is 5. The summed E-state index contributed by atoms with van der Waals surface area (Å²) < 4.78 is 42.7. The van der Waals surface area contributed by atoms with Gasteiger partial charge in [-0.3, -0.25) is 9.69 Å². The molecule has 140 valence electrons. The van der Waals surface area contributed by atoms with Gasteiger partial charge in [-0.05, 0) is 19.1 Å². The summed E-state index contributed by atoms with van der Waals surface area (Å²) in [6.45, 7) is 5.14. The second kappa shape index (κ2) is 8.48. The van der Waals surface area contributed by atoms with E-state index in [0.29, 0.717) is 45.1 Å². The standard InChI is InChI=1S/C16H23F3N4O2/c1-12(11-25-2)21-15(24)10-22-5-7-23(8-6-22)14-4-3-13(9-20-14)16(17,18)19/h3-4,9,12H,5-8,10-11H2,1-2H3,(H,21,24). The van der Waals surface area contributed by atoms with E-state index in [2.05, 4.69) is 10.3 Å². The number of pyridine rings is 1. The van der Waals surface area contributed by atoms with Gasteiger partial charge in [-0.25, -0.2) is 4.98 Å². The van der Waals surface area contributed by atoms with Gasteiger partial charge in [0.2, 0.25) is 5.91 Å². The minimum Gasteiger partial charge on any atom is -0.383 e. The number of ether oxygens (including phenoxy) is 1. The van der Waals surface area contributed by atoms with Crippen LogP contribution in [0.3, 0.4) is 0 Å². The highest BCUT2D eigenvalue weighted by molar-refractivity contribution is 5.78. The first-order chi connectivity index (χ1) is 11.8. The molecule has 1 unspecified atom stereocenters. The SMILES string of the molecule is COCC(C)NC(=O)CN1CCN(c2ccc(C(F)(F)F)cn2)CC1. The van der Waals surface area contributed by atoms with Crippen LogP contribution in [0.4, 0.5) is 19.0 Å². The first-order valence-corrected chi connectivity index (χ1v) is 8.08. The molecule has 2 heterocycles. The molecule has 0 spiro atoms. The van der Waals surface area contributed by atoms with Crippen molar-refractivity contribution in [3.05, 3.63) is 23.9 Å². The third-order valence-electron chi connectivity index (χ3n) is 3.96. The molecule has 0 radical (unpaired) electrons. The average Bonchev–Trinajstić information content (AvgIpc) is 2.55. The molecule has 2 rings (SSSR count). The van der Waals surface area contributed by atoms with Gasteiger partial charge < -0.3 is 15.0 Å². The van der Waals surface area contributed by atoms with Gasteiger partial charge in [0.05, 0.1) is 18.7 Å². The lowest BCUT2D eigenvalue weighted by Gasteiger charge is -2.35. The fourth-order valence-electron chi connectivity index (χ4n) is 2.69. The maximum absolute atomic E-state index is 12.6. The predicted molar refractivity (Wildman–Crippen MR) is 87.4 cm³/mol. The van der Waals surface area contributed by atoms with Crippen LogP contribution in [0.15, 0.2) is 18.3 Å². The zero-order chi connectivity index (χ0) is 18.4. The smallest absolute Gasteiger partial charge is 0.383 e. The lowest BCUT2D eigenvalue weighted by atomic mass is 10.2. The van der Waals surface area contributed by atoms with Crippen LogP contribution in [0.1, 0.15) is 12.5 Å². The van der Waals surface area contributed by atoms with E-state index in [0.717, 1.165) is 12.3 Å². The lowest BCUT2D eigenvalue weighted by Crippen LogP contribution is -2.50. The van der Waals surface area contributed by atoms with Gasteiger partial charge in [-0.1, -0.05) is 0 Å². The van der Waals surface area contributed by atoms with Crippen LogP contribution in [0.5, 0.6) is 0 Å². The topological polar surface area (TPSA) is 57.7 Å². The molecule has 25 heavy (non-hydrogen) atoms. The van der Waals surface area contributed by atoms with Crippen molar-refractivity contribution in [1.29, 1.82) is 0 Å². The van der Waals surface area contributed by atoms with Crippen LogP contribution in [-0.4, -0.2) is 68.3 Å². The van der Waals surface area contributed by atoms with E-state index >= 15 is 0 Å². The van der Waals surface area contributed by atoms with Crippen molar-refractivity contribution in [2.24, 2.45) is 0 Å². The van der Waals surface area contributed by atoms with Crippen molar-refractivity contribution in [2.75, 3.05) is 51.3 Å². The molecule has 9 heteroatoms. The Labute approximate surface area is 145 Å². The first-order valence-electron chi connectivity index (χ1n) is 8.08. The fourth-order valence-corrected chi connectivity index (χ4v) is 2.69. The zero-order valence-electron chi connectivity index (χ0n) is 14.3. The number of methoxy groups -OCH3 is 1. The number of nitrogens with zero attached hydrogens (tertiary/aromatic N) is 3. The van der Waals surface area contributed by atoms with E-state index in [-0.39, 0.29) is 11.9 Å². The minimum absolute atomic E-state index is 0.0462. The first kappa shape index (κ1) is 19.5. The molecule has 0 aliphatic carbocycles. The van der Waals surface area contributed by atoms with Crippen LogP contribution in [0.25, 0.3) is 0 Å². The van der Waals surface area contributed by atoms with E-state index in [4.69, 9.17) is 4.74 Å². The molecular formula is C16H23F3N4O2. The van der Waals surface area contributed by atoms with Gasteiger partial charge in [0, 0.05) is 45.5 Å². The van der Waals surface area contributed by atoms with Crippen LogP contribution in [0, 0.1) is 0 Å².